The maximum atomic E-state index is 13.8. The van der Waals surface area contributed by atoms with Crippen molar-refractivity contribution in [3.63, 3.8) is 0 Å². The Kier molecular flexibility index (Phi) is 6.34. The molecule has 5 nitrogen and oxygen atoms in total. The van der Waals surface area contributed by atoms with E-state index < -0.39 is 41.5 Å². The molecule has 0 saturated carbocycles. The molecule has 144 valence electrons. The third-order valence-corrected chi connectivity index (χ3v) is 5.12. The summed E-state index contributed by atoms with van der Waals surface area (Å²) in [6, 6.07) is 3.38. The number of aliphatic hydroxyl groups excluding tert-OH is 1. The summed E-state index contributed by atoms with van der Waals surface area (Å²) in [5.41, 5.74) is -1.78. The highest BCUT2D eigenvalue weighted by atomic mass is 19.1. The third-order valence-electron chi connectivity index (χ3n) is 5.12. The van der Waals surface area contributed by atoms with Crippen LogP contribution in [0, 0.1) is 23.0 Å². The number of hydrogen-bond acceptors (Lipinski definition) is 3. The molecule has 1 aromatic carbocycles. The Morgan fingerprint density at radius 2 is 1.92 bits per heavy atom. The number of hydrogen-bond donors (Lipinski definition) is 2. The fourth-order valence-corrected chi connectivity index (χ4v) is 3.37. The van der Waals surface area contributed by atoms with Crippen molar-refractivity contribution in [1.82, 2.24) is 4.90 Å². The fraction of sp³-hybridized carbons (Fsp3) is 0.579. The van der Waals surface area contributed by atoms with Crippen LogP contribution >= 0.6 is 0 Å². The summed E-state index contributed by atoms with van der Waals surface area (Å²) < 4.78 is 27.6. The van der Waals surface area contributed by atoms with E-state index in [0.29, 0.717) is 6.42 Å². The van der Waals surface area contributed by atoms with E-state index in [9.17, 15) is 28.6 Å². The van der Waals surface area contributed by atoms with Gasteiger partial charge in [0.15, 0.2) is 0 Å². The number of nitrogens with zero attached hydrogens (tertiary/aromatic N) is 1. The monoisotopic (exact) mass is 369 g/mol. The first-order chi connectivity index (χ1) is 12.2. The molecule has 0 radical (unpaired) electrons. The highest BCUT2D eigenvalue weighted by Gasteiger charge is 2.49. The van der Waals surface area contributed by atoms with E-state index in [4.69, 9.17) is 0 Å². The molecule has 0 unspecified atom stereocenters. The molecule has 0 bridgehead atoms. The van der Waals surface area contributed by atoms with Crippen LogP contribution in [0.25, 0.3) is 0 Å². The second kappa shape index (κ2) is 8.12. The lowest BCUT2D eigenvalue weighted by Crippen LogP contribution is -2.57. The van der Waals surface area contributed by atoms with E-state index in [1.54, 1.807) is 0 Å². The van der Waals surface area contributed by atoms with E-state index in [1.807, 2.05) is 13.8 Å². The Bertz CT molecular complexity index is 659. The average molecular weight is 369 g/mol. The Hall–Kier alpha value is -2.02. The normalized spacial score (nSPS) is 23.3. The third kappa shape index (κ3) is 4.20. The smallest absolute Gasteiger partial charge is 0.314 e. The van der Waals surface area contributed by atoms with Crippen molar-refractivity contribution in [3.8, 4) is 0 Å². The second-order valence-electron chi connectivity index (χ2n) is 7.39. The van der Waals surface area contributed by atoms with Crippen LogP contribution in [0.4, 0.5) is 8.78 Å². The number of rotatable bonds is 6. The zero-order valence-electron chi connectivity index (χ0n) is 15.0. The topological polar surface area (TPSA) is 77.8 Å². The van der Waals surface area contributed by atoms with Crippen LogP contribution in [0.1, 0.15) is 38.7 Å². The van der Waals surface area contributed by atoms with Crippen LogP contribution < -0.4 is 0 Å². The summed E-state index contributed by atoms with van der Waals surface area (Å²) in [5.74, 6) is -3.06. The predicted molar refractivity (Wildman–Crippen MR) is 91.4 cm³/mol. The van der Waals surface area contributed by atoms with Gasteiger partial charge in [0.2, 0.25) is 5.91 Å². The van der Waals surface area contributed by atoms with Gasteiger partial charge in [-0.2, -0.15) is 0 Å². The minimum absolute atomic E-state index is 0.121. The molecule has 1 aliphatic heterocycles. The molecule has 2 N–H and O–H groups in total. The van der Waals surface area contributed by atoms with Gasteiger partial charge in [0.1, 0.15) is 17.0 Å². The molecular formula is C19H25F2NO4. The van der Waals surface area contributed by atoms with Crippen molar-refractivity contribution in [2.45, 2.75) is 45.6 Å². The van der Waals surface area contributed by atoms with Gasteiger partial charge in [-0.3, -0.25) is 9.59 Å². The number of piperidine rings is 1. The van der Waals surface area contributed by atoms with Gasteiger partial charge in [-0.05, 0) is 37.3 Å². The molecular weight excluding hydrogens is 344 g/mol. The number of carboxylic acids is 1. The van der Waals surface area contributed by atoms with Crippen molar-refractivity contribution < 1.29 is 28.6 Å². The van der Waals surface area contributed by atoms with Crippen LogP contribution in [0.2, 0.25) is 0 Å². The summed E-state index contributed by atoms with van der Waals surface area (Å²) in [6.45, 7) is 3.90. The van der Waals surface area contributed by atoms with Gasteiger partial charge in [0.25, 0.3) is 0 Å². The number of aliphatic carboxylic acids is 1. The van der Waals surface area contributed by atoms with E-state index in [2.05, 4.69) is 0 Å². The summed E-state index contributed by atoms with van der Waals surface area (Å²) in [4.78, 5) is 25.8. The first-order valence-electron chi connectivity index (χ1n) is 8.79. The molecule has 0 aliphatic carbocycles. The van der Waals surface area contributed by atoms with Gasteiger partial charge < -0.3 is 15.1 Å². The number of likely N-dealkylation sites (tertiary alicyclic amines) is 1. The zero-order chi connectivity index (χ0) is 19.5. The van der Waals surface area contributed by atoms with Gasteiger partial charge in [-0.25, -0.2) is 8.78 Å². The van der Waals surface area contributed by atoms with E-state index in [0.717, 1.165) is 12.1 Å². The molecule has 0 spiro atoms. The van der Waals surface area contributed by atoms with Crippen molar-refractivity contribution in [3.05, 3.63) is 35.4 Å². The minimum atomic E-state index is -1.45. The summed E-state index contributed by atoms with van der Waals surface area (Å²) in [6.07, 6.45) is -0.593. The standard InChI is InChI=1S/C19H25F2NO4/c1-12(2)6-8-19(18(25)26)11-22(9-7-16(19)23)17(24)10-13-14(20)4-3-5-15(13)21/h3-5,12,16,23H,6-11H2,1-2H3,(H,25,26)/t16-,19-/m1/s1. The molecule has 1 fully saturated rings. The largest absolute Gasteiger partial charge is 0.481 e. The quantitative estimate of drug-likeness (QED) is 0.808. The summed E-state index contributed by atoms with van der Waals surface area (Å²) in [5, 5.41) is 20.1. The zero-order valence-corrected chi connectivity index (χ0v) is 15.0. The molecule has 0 aromatic heterocycles. The number of carbonyl (C=O) groups excluding carboxylic acids is 1. The maximum Gasteiger partial charge on any atom is 0.314 e. The molecule has 7 heteroatoms. The van der Waals surface area contributed by atoms with Gasteiger partial charge in [0.05, 0.1) is 12.5 Å². The van der Waals surface area contributed by atoms with Gasteiger partial charge in [0, 0.05) is 18.7 Å². The lowest BCUT2D eigenvalue weighted by atomic mass is 9.72. The highest BCUT2D eigenvalue weighted by molar-refractivity contribution is 5.81. The Morgan fingerprint density at radius 1 is 1.31 bits per heavy atom. The van der Waals surface area contributed by atoms with Crippen LogP contribution in [-0.4, -0.2) is 46.2 Å². The molecule has 2 rings (SSSR count). The summed E-state index contributed by atoms with van der Waals surface area (Å²) >= 11 is 0. The second-order valence-corrected chi connectivity index (χ2v) is 7.39. The SMILES string of the molecule is CC(C)CC[C@@]1(C(=O)O)CN(C(=O)Cc2c(F)cccc2F)CC[C@H]1O. The van der Waals surface area contributed by atoms with Crippen molar-refractivity contribution in [2.24, 2.45) is 11.3 Å². The van der Waals surface area contributed by atoms with Crippen molar-refractivity contribution in [1.29, 1.82) is 0 Å². The van der Waals surface area contributed by atoms with E-state index >= 15 is 0 Å². The summed E-state index contributed by atoms with van der Waals surface area (Å²) in [7, 11) is 0. The average Bonchev–Trinajstić information content (AvgIpc) is 2.57. The molecule has 26 heavy (non-hydrogen) atoms. The Balaban J connectivity index is 2.19. The van der Waals surface area contributed by atoms with Gasteiger partial charge in [-0.1, -0.05) is 19.9 Å². The van der Waals surface area contributed by atoms with Crippen LogP contribution in [-0.2, 0) is 16.0 Å². The number of benzene rings is 1. The van der Waals surface area contributed by atoms with E-state index in [-0.39, 0.29) is 37.4 Å². The molecule has 1 amide bonds. The number of carbonyl (C=O) groups is 2. The lowest BCUT2D eigenvalue weighted by Gasteiger charge is -2.43. The van der Waals surface area contributed by atoms with Crippen LogP contribution in [0.3, 0.4) is 0 Å². The van der Waals surface area contributed by atoms with Gasteiger partial charge in [-0.15, -0.1) is 0 Å². The van der Waals surface area contributed by atoms with Gasteiger partial charge >= 0.3 is 5.97 Å². The van der Waals surface area contributed by atoms with Crippen molar-refractivity contribution in [2.75, 3.05) is 13.1 Å². The highest BCUT2D eigenvalue weighted by Crippen LogP contribution is 2.37. The number of carboxylic acid groups (broad SMARTS) is 1. The first kappa shape index (κ1) is 20.3. The molecule has 2 atom stereocenters. The van der Waals surface area contributed by atoms with Crippen LogP contribution in [0.15, 0.2) is 18.2 Å². The Morgan fingerprint density at radius 3 is 2.46 bits per heavy atom. The molecule has 1 heterocycles. The molecule has 1 aromatic rings. The van der Waals surface area contributed by atoms with Crippen molar-refractivity contribution >= 4 is 11.9 Å². The Labute approximate surface area is 151 Å². The number of aliphatic hydroxyl groups is 1. The lowest BCUT2D eigenvalue weighted by molar-refractivity contribution is -0.167. The molecule has 1 saturated heterocycles. The minimum Gasteiger partial charge on any atom is -0.481 e. The van der Waals surface area contributed by atoms with Crippen LogP contribution in [0.5, 0.6) is 0 Å². The fourth-order valence-electron chi connectivity index (χ4n) is 3.37. The van der Waals surface area contributed by atoms with E-state index in [1.165, 1.54) is 11.0 Å². The maximum absolute atomic E-state index is 13.8. The predicted octanol–water partition coefficient (Wildman–Crippen LogP) is 2.61. The number of halogens is 2. The number of amides is 1. The molecule has 1 aliphatic rings. The first-order valence-corrected chi connectivity index (χ1v) is 8.79.